The number of nitrogens with one attached hydrogen (secondary N) is 1. The number of hydrogen-bond acceptors (Lipinski definition) is 8. The van der Waals surface area contributed by atoms with Gasteiger partial charge in [0.2, 0.25) is 11.8 Å². The average Bonchev–Trinajstić information content (AvgIpc) is 3.57. The summed E-state index contributed by atoms with van der Waals surface area (Å²) < 4.78 is 19.4. The van der Waals surface area contributed by atoms with E-state index >= 15 is 4.79 Å². The summed E-state index contributed by atoms with van der Waals surface area (Å²) in [6.45, 7) is 2.72. The molecule has 0 radical (unpaired) electrons. The molecule has 2 N–H and O–H groups in total. The molecule has 4 fully saturated rings. The van der Waals surface area contributed by atoms with Crippen LogP contribution in [0.2, 0.25) is 10.0 Å². The summed E-state index contributed by atoms with van der Waals surface area (Å²) in [5.74, 6) is -6.40. The number of morpholine rings is 1. The van der Waals surface area contributed by atoms with Crippen molar-refractivity contribution < 1.29 is 33.4 Å². The smallest absolute Gasteiger partial charge is 0.260 e. The Hall–Kier alpha value is -5.23. The highest BCUT2D eigenvalue weighted by molar-refractivity contribution is 6.32. The number of carbonyl (C=O) groups excluding carboxylic acids is 4. The Kier molecular flexibility index (Phi) is 8.71. The van der Waals surface area contributed by atoms with E-state index in [0.717, 1.165) is 29.4 Å². The molecule has 10 nitrogen and oxygen atoms in total. The van der Waals surface area contributed by atoms with Crippen molar-refractivity contribution in [3.8, 4) is 5.75 Å². The average molecular weight is 782 g/mol. The van der Waals surface area contributed by atoms with Gasteiger partial charge in [0.05, 0.1) is 47.8 Å². The van der Waals surface area contributed by atoms with Crippen LogP contribution in [0.5, 0.6) is 5.75 Å². The van der Waals surface area contributed by atoms with Gasteiger partial charge in [0, 0.05) is 34.7 Å². The van der Waals surface area contributed by atoms with Gasteiger partial charge in [0.1, 0.15) is 11.6 Å². The number of rotatable bonds is 6. The molecule has 13 heteroatoms. The number of aromatic hydroxyl groups is 1. The van der Waals surface area contributed by atoms with E-state index in [1.807, 2.05) is 18.2 Å². The molecule has 0 bridgehead atoms. The molecule has 3 aliphatic heterocycles. The summed E-state index contributed by atoms with van der Waals surface area (Å²) in [7, 11) is 0. The molecule has 280 valence electrons. The van der Waals surface area contributed by atoms with Crippen molar-refractivity contribution in [2.75, 3.05) is 41.5 Å². The number of fused-ring (bicyclic) bond motifs is 4. The van der Waals surface area contributed by atoms with Crippen molar-refractivity contribution in [2.45, 2.75) is 24.2 Å². The number of amides is 4. The van der Waals surface area contributed by atoms with Crippen LogP contribution < -0.4 is 15.2 Å². The summed E-state index contributed by atoms with van der Waals surface area (Å²) in [5, 5.41) is 12.0. The maximum atomic E-state index is 15.3. The zero-order valence-corrected chi connectivity index (χ0v) is 30.8. The molecule has 0 spiro atoms. The third-order valence-corrected chi connectivity index (χ3v) is 12.6. The number of carbonyl (C=O) groups is 4. The van der Waals surface area contributed by atoms with Crippen LogP contribution in [0.3, 0.4) is 0 Å². The normalized spacial score (nSPS) is 27.5. The van der Waals surface area contributed by atoms with Crippen molar-refractivity contribution >= 4 is 63.9 Å². The monoisotopic (exact) mass is 780 g/mol. The lowest BCUT2D eigenvalue weighted by atomic mass is 9.49. The highest BCUT2D eigenvalue weighted by atomic mass is 35.5. The predicted octanol–water partition coefficient (Wildman–Crippen LogP) is 6.86. The Morgan fingerprint density at radius 3 is 2.18 bits per heavy atom. The molecule has 55 heavy (non-hydrogen) atoms. The van der Waals surface area contributed by atoms with Crippen molar-refractivity contribution in [2.24, 2.45) is 23.7 Å². The topological polar surface area (TPSA) is 119 Å². The summed E-state index contributed by atoms with van der Waals surface area (Å²) in [6, 6.07) is 24.0. The van der Waals surface area contributed by atoms with Crippen molar-refractivity contribution in [3.63, 3.8) is 0 Å². The molecule has 9 rings (SSSR count). The number of anilines is 3. The van der Waals surface area contributed by atoms with E-state index in [2.05, 4.69) is 10.3 Å². The molecule has 4 aromatic rings. The van der Waals surface area contributed by atoms with E-state index in [9.17, 15) is 23.9 Å². The fraction of sp³-hybridized carbons (Fsp3) is 0.286. The van der Waals surface area contributed by atoms with Gasteiger partial charge in [-0.2, -0.15) is 5.01 Å². The van der Waals surface area contributed by atoms with Gasteiger partial charge in [-0.05, 0) is 103 Å². The first-order valence-electron chi connectivity index (χ1n) is 18.2. The Morgan fingerprint density at radius 2 is 1.49 bits per heavy atom. The number of halogens is 3. The molecule has 0 aromatic heterocycles. The number of benzene rings is 4. The van der Waals surface area contributed by atoms with Crippen LogP contribution >= 0.6 is 23.2 Å². The minimum absolute atomic E-state index is 0.0802. The second-order valence-corrected chi connectivity index (χ2v) is 15.6. The third kappa shape index (κ3) is 5.54. The van der Waals surface area contributed by atoms with Gasteiger partial charge in [-0.3, -0.25) is 29.5 Å². The largest absolute Gasteiger partial charge is 0.508 e. The number of hydrazine groups is 1. The van der Waals surface area contributed by atoms with E-state index < -0.39 is 52.6 Å². The fourth-order valence-corrected chi connectivity index (χ4v) is 10.0. The number of phenols is 1. The Labute approximate surface area is 326 Å². The van der Waals surface area contributed by atoms with E-state index in [4.69, 9.17) is 27.9 Å². The van der Waals surface area contributed by atoms with Crippen LogP contribution in [-0.2, 0) is 29.3 Å². The van der Waals surface area contributed by atoms with Crippen LogP contribution in [0.15, 0.2) is 103 Å². The molecule has 2 aliphatic carbocycles. The highest BCUT2D eigenvalue weighted by Crippen LogP contribution is 2.65. The minimum Gasteiger partial charge on any atom is -0.508 e. The van der Waals surface area contributed by atoms with Crippen LogP contribution in [-0.4, -0.2) is 60.0 Å². The van der Waals surface area contributed by atoms with Gasteiger partial charge < -0.3 is 14.7 Å². The molecule has 3 saturated heterocycles. The molecule has 5 aliphatic rings. The lowest BCUT2D eigenvalue weighted by molar-refractivity contribution is -0.138. The maximum Gasteiger partial charge on any atom is 0.260 e. The number of ether oxygens (including phenoxy) is 1. The molecule has 1 saturated carbocycles. The van der Waals surface area contributed by atoms with Crippen molar-refractivity contribution in [1.29, 1.82) is 0 Å². The Bertz CT molecular complexity index is 2260. The standard InChI is InChI=1S/C42H35Cl2FN4O6/c43-24-3-1-23(2-4-24)42-34(39(52)49(41(42)54)46-26-7-5-25(45)6-8-26)22-33-30(37(42)31-14-13-29(50)21-35(31)44)15-16-32-36(33)40(53)48(38(32)51)28-11-9-27(10-12-28)47-17-19-55-20-18-47/h1-15,21,32-34,36-37,46,50H,16-20,22H2/t32-,33+,34-,36-,37+,42+/m0/s1. The summed E-state index contributed by atoms with van der Waals surface area (Å²) in [6.07, 6.45) is 2.26. The SMILES string of the molecule is O=C1[C@@H]2C[C@@H]3C(=CC[C@@H]4C(=O)N(c5ccc(N6CCOCC6)cc5)C(=O)[C@@H]43)[C@H](c3ccc(O)cc3Cl)[C@]2(c2ccc(Cl)cc2)C(=O)N1Nc1ccc(F)cc1. The Morgan fingerprint density at radius 1 is 0.800 bits per heavy atom. The summed E-state index contributed by atoms with van der Waals surface area (Å²) >= 11 is 13.3. The number of phenolic OH excluding ortho intramolecular Hbond substituents is 1. The van der Waals surface area contributed by atoms with E-state index in [1.165, 1.54) is 41.3 Å². The second kappa shape index (κ2) is 13.5. The molecular formula is C42H35Cl2FN4O6. The minimum atomic E-state index is -1.59. The van der Waals surface area contributed by atoms with Gasteiger partial charge in [-0.15, -0.1) is 0 Å². The van der Waals surface area contributed by atoms with E-state index in [-0.39, 0.29) is 35.4 Å². The fourth-order valence-electron chi connectivity index (χ4n) is 9.64. The number of imide groups is 2. The van der Waals surface area contributed by atoms with Gasteiger partial charge >= 0.3 is 0 Å². The first-order chi connectivity index (χ1) is 26.6. The highest BCUT2D eigenvalue weighted by Gasteiger charge is 2.70. The van der Waals surface area contributed by atoms with Crippen LogP contribution in [0.4, 0.5) is 21.5 Å². The summed E-state index contributed by atoms with van der Waals surface area (Å²) in [5.41, 5.74) is 4.80. The van der Waals surface area contributed by atoms with Gasteiger partial charge in [0.15, 0.2) is 0 Å². The van der Waals surface area contributed by atoms with E-state index in [0.29, 0.717) is 40.7 Å². The van der Waals surface area contributed by atoms with Gasteiger partial charge in [-0.25, -0.2) is 4.39 Å². The van der Waals surface area contributed by atoms with Gasteiger partial charge in [0.25, 0.3) is 11.8 Å². The lowest BCUT2D eigenvalue weighted by Gasteiger charge is -2.50. The second-order valence-electron chi connectivity index (χ2n) is 14.7. The predicted molar refractivity (Wildman–Crippen MR) is 204 cm³/mol. The van der Waals surface area contributed by atoms with E-state index in [1.54, 1.807) is 42.5 Å². The molecule has 4 amide bonds. The zero-order valence-electron chi connectivity index (χ0n) is 29.3. The van der Waals surface area contributed by atoms with Crippen molar-refractivity contribution in [1.82, 2.24) is 5.01 Å². The Balaban J connectivity index is 1.17. The zero-order chi connectivity index (χ0) is 38.2. The third-order valence-electron chi connectivity index (χ3n) is 12.0. The molecule has 3 heterocycles. The molecule has 0 unspecified atom stereocenters. The van der Waals surface area contributed by atoms with Crippen LogP contribution in [0.1, 0.15) is 29.9 Å². The molecule has 6 atom stereocenters. The summed E-state index contributed by atoms with van der Waals surface area (Å²) in [4.78, 5) is 62.4. The van der Waals surface area contributed by atoms with Crippen LogP contribution in [0, 0.1) is 29.5 Å². The first kappa shape index (κ1) is 35.5. The van der Waals surface area contributed by atoms with Gasteiger partial charge in [-0.1, -0.05) is 53.1 Å². The van der Waals surface area contributed by atoms with Crippen LogP contribution in [0.25, 0.3) is 0 Å². The first-order valence-corrected chi connectivity index (χ1v) is 19.0. The lowest BCUT2D eigenvalue weighted by Crippen LogP contribution is -2.53. The number of nitrogens with zero attached hydrogens (tertiary/aromatic N) is 3. The quantitative estimate of drug-likeness (QED) is 0.161. The molecule has 4 aromatic carbocycles. The van der Waals surface area contributed by atoms with Crippen molar-refractivity contribution in [3.05, 3.63) is 130 Å². The maximum absolute atomic E-state index is 15.3. The number of allylic oxidation sites excluding steroid dienone is 2. The number of hydrogen-bond donors (Lipinski definition) is 2. The molecular weight excluding hydrogens is 746 g/mol.